The van der Waals surface area contributed by atoms with Gasteiger partial charge in [-0.1, -0.05) is 40.9 Å². The van der Waals surface area contributed by atoms with E-state index >= 15 is 0 Å². The topological polar surface area (TPSA) is 29.5 Å². The Hall–Kier alpha value is -0.930. The summed E-state index contributed by atoms with van der Waals surface area (Å²) < 4.78 is 5.78. The van der Waals surface area contributed by atoms with Gasteiger partial charge in [-0.2, -0.15) is 0 Å². The lowest BCUT2D eigenvalue weighted by Gasteiger charge is -2.17. The van der Waals surface area contributed by atoms with Crippen molar-refractivity contribution in [2.45, 2.75) is 25.7 Å². The first-order valence-corrected chi connectivity index (χ1v) is 8.59. The Bertz CT molecular complexity index is 659. The molecule has 0 bridgehead atoms. The monoisotopic (exact) mass is 372 g/mol. The van der Waals surface area contributed by atoms with Crippen LogP contribution in [0.2, 0.25) is 15.1 Å². The largest absolute Gasteiger partial charge is 0.493 e. The van der Waals surface area contributed by atoms with Crippen LogP contribution in [0, 0.1) is 6.92 Å². The van der Waals surface area contributed by atoms with Gasteiger partial charge in [0.1, 0.15) is 5.75 Å². The number of ether oxygens (including phenoxy) is 1. The number of halogens is 3. The van der Waals surface area contributed by atoms with Crippen LogP contribution < -0.4 is 4.74 Å². The summed E-state index contributed by atoms with van der Waals surface area (Å²) in [5, 5.41) is 11.5. The summed E-state index contributed by atoms with van der Waals surface area (Å²) in [6, 6.07) is 10.9. The third-order valence-corrected chi connectivity index (χ3v) is 4.51. The number of benzene rings is 2. The third kappa shape index (κ3) is 5.29. The van der Waals surface area contributed by atoms with Crippen LogP contribution in [-0.2, 0) is 0 Å². The van der Waals surface area contributed by atoms with Gasteiger partial charge in [0.15, 0.2) is 0 Å². The van der Waals surface area contributed by atoms with Crippen molar-refractivity contribution < 1.29 is 9.84 Å². The minimum absolute atomic E-state index is 0.0188. The Labute approximate surface area is 151 Å². The Balaban J connectivity index is 1.88. The molecule has 2 rings (SSSR count). The number of aryl methyl sites for hydroxylation is 1. The molecule has 2 nitrogen and oxygen atoms in total. The molecule has 0 radical (unpaired) electrons. The summed E-state index contributed by atoms with van der Waals surface area (Å²) in [5.41, 5.74) is 1.93. The maximum Gasteiger partial charge on any atom is 0.122 e. The van der Waals surface area contributed by atoms with E-state index in [1.54, 1.807) is 12.1 Å². The molecule has 124 valence electrons. The van der Waals surface area contributed by atoms with Crippen LogP contribution in [0.3, 0.4) is 0 Å². The third-order valence-electron chi connectivity index (χ3n) is 3.71. The van der Waals surface area contributed by atoms with Crippen molar-refractivity contribution in [1.82, 2.24) is 0 Å². The van der Waals surface area contributed by atoms with Gasteiger partial charge in [-0.05, 0) is 61.2 Å². The molecule has 5 heteroatoms. The fraction of sp³-hybridized carbons (Fsp3) is 0.333. The van der Waals surface area contributed by atoms with Crippen LogP contribution in [0.1, 0.15) is 29.9 Å². The molecule has 0 heterocycles. The molecule has 2 aromatic carbocycles. The van der Waals surface area contributed by atoms with Gasteiger partial charge in [0.25, 0.3) is 0 Å². The molecule has 0 fully saturated rings. The second kappa shape index (κ2) is 8.79. The lowest BCUT2D eigenvalue weighted by atomic mass is 9.95. The summed E-state index contributed by atoms with van der Waals surface area (Å²) >= 11 is 18.0. The van der Waals surface area contributed by atoms with E-state index in [1.165, 1.54) is 0 Å². The minimum Gasteiger partial charge on any atom is -0.493 e. The molecule has 0 saturated heterocycles. The molecular formula is C18H19Cl3O2. The van der Waals surface area contributed by atoms with Crippen LogP contribution in [0.15, 0.2) is 36.4 Å². The number of hydrogen-bond donors (Lipinski definition) is 1. The van der Waals surface area contributed by atoms with Crippen molar-refractivity contribution in [3.63, 3.8) is 0 Å². The summed E-state index contributed by atoms with van der Waals surface area (Å²) in [6.45, 7) is 2.58. The first-order chi connectivity index (χ1) is 11.0. The molecule has 0 aliphatic carbocycles. The van der Waals surface area contributed by atoms with Gasteiger partial charge in [-0.15, -0.1) is 0 Å². The lowest BCUT2D eigenvalue weighted by molar-refractivity contribution is 0.243. The van der Waals surface area contributed by atoms with Crippen LogP contribution in [-0.4, -0.2) is 18.3 Å². The molecule has 2 aromatic rings. The molecule has 0 saturated carbocycles. The summed E-state index contributed by atoms with van der Waals surface area (Å²) in [5.74, 6) is 0.814. The van der Waals surface area contributed by atoms with Crippen LogP contribution in [0.4, 0.5) is 0 Å². The summed E-state index contributed by atoms with van der Waals surface area (Å²) in [7, 11) is 0. The van der Waals surface area contributed by atoms with Crippen molar-refractivity contribution in [3.05, 3.63) is 62.6 Å². The Morgan fingerprint density at radius 1 is 1.04 bits per heavy atom. The average Bonchev–Trinajstić information content (AvgIpc) is 2.50. The quantitative estimate of drug-likeness (QED) is 0.613. The van der Waals surface area contributed by atoms with Crippen molar-refractivity contribution >= 4 is 34.8 Å². The SMILES string of the molecule is Cc1cc(Cl)ccc1OCCCC(CO)c1ccc(Cl)cc1Cl. The van der Waals surface area contributed by atoms with Crippen molar-refractivity contribution in [3.8, 4) is 5.75 Å². The number of rotatable bonds is 7. The van der Waals surface area contributed by atoms with Gasteiger partial charge in [0, 0.05) is 27.6 Å². The minimum atomic E-state index is -0.0188. The lowest BCUT2D eigenvalue weighted by Crippen LogP contribution is -2.08. The molecule has 23 heavy (non-hydrogen) atoms. The molecule has 1 atom stereocenters. The highest BCUT2D eigenvalue weighted by Gasteiger charge is 2.14. The maximum absolute atomic E-state index is 9.62. The highest BCUT2D eigenvalue weighted by molar-refractivity contribution is 6.35. The average molecular weight is 374 g/mol. The zero-order valence-corrected chi connectivity index (χ0v) is 15.1. The first-order valence-electron chi connectivity index (χ1n) is 7.46. The van der Waals surface area contributed by atoms with Crippen LogP contribution in [0.5, 0.6) is 5.75 Å². The molecule has 1 N–H and O–H groups in total. The predicted octanol–water partition coefficient (Wildman–Crippen LogP) is 5.89. The van der Waals surface area contributed by atoms with Crippen molar-refractivity contribution in [1.29, 1.82) is 0 Å². The molecular weight excluding hydrogens is 355 g/mol. The van der Waals surface area contributed by atoms with Gasteiger partial charge in [0.2, 0.25) is 0 Å². The van der Waals surface area contributed by atoms with Gasteiger partial charge >= 0.3 is 0 Å². The highest BCUT2D eigenvalue weighted by atomic mass is 35.5. The predicted molar refractivity (Wildman–Crippen MR) is 97.2 cm³/mol. The number of hydrogen-bond acceptors (Lipinski definition) is 2. The van der Waals surface area contributed by atoms with Gasteiger partial charge < -0.3 is 9.84 Å². The summed E-state index contributed by atoms with van der Waals surface area (Å²) in [6.07, 6.45) is 1.59. The van der Waals surface area contributed by atoms with Gasteiger partial charge in [0.05, 0.1) is 6.61 Å². The number of aliphatic hydroxyl groups is 1. The van der Waals surface area contributed by atoms with E-state index in [9.17, 15) is 5.11 Å². The Kier molecular flexibility index (Phi) is 7.04. The van der Waals surface area contributed by atoms with E-state index < -0.39 is 0 Å². The first kappa shape index (κ1) is 18.4. The molecule has 1 unspecified atom stereocenters. The summed E-state index contributed by atoms with van der Waals surface area (Å²) in [4.78, 5) is 0. The second-order valence-corrected chi connectivity index (χ2v) is 6.73. The van der Waals surface area contributed by atoms with E-state index in [1.807, 2.05) is 31.2 Å². The van der Waals surface area contributed by atoms with Crippen LogP contribution in [0.25, 0.3) is 0 Å². The fourth-order valence-corrected chi connectivity index (χ4v) is 3.25. The highest BCUT2D eigenvalue weighted by Crippen LogP contribution is 2.30. The smallest absolute Gasteiger partial charge is 0.122 e. The van der Waals surface area contributed by atoms with E-state index in [0.717, 1.165) is 29.7 Å². The van der Waals surface area contributed by atoms with Gasteiger partial charge in [-0.25, -0.2) is 0 Å². The second-order valence-electron chi connectivity index (χ2n) is 5.45. The Morgan fingerprint density at radius 2 is 1.74 bits per heavy atom. The van der Waals surface area contributed by atoms with E-state index in [4.69, 9.17) is 39.5 Å². The van der Waals surface area contributed by atoms with Crippen molar-refractivity contribution in [2.24, 2.45) is 0 Å². The van der Waals surface area contributed by atoms with Crippen LogP contribution >= 0.6 is 34.8 Å². The zero-order chi connectivity index (χ0) is 16.8. The standard InChI is InChI=1S/C18H19Cl3O2/c1-12-9-14(19)5-7-18(12)23-8-2-3-13(11-22)16-6-4-15(20)10-17(16)21/h4-7,9-10,13,22H,2-3,8,11H2,1H3. The van der Waals surface area contributed by atoms with Gasteiger partial charge in [-0.3, -0.25) is 0 Å². The molecule has 0 aliphatic rings. The zero-order valence-electron chi connectivity index (χ0n) is 12.9. The Morgan fingerprint density at radius 3 is 2.39 bits per heavy atom. The molecule has 0 spiro atoms. The maximum atomic E-state index is 9.62. The molecule has 0 amide bonds. The van der Waals surface area contributed by atoms with E-state index in [-0.39, 0.29) is 12.5 Å². The molecule has 0 aromatic heterocycles. The van der Waals surface area contributed by atoms with Crippen molar-refractivity contribution in [2.75, 3.05) is 13.2 Å². The fourth-order valence-electron chi connectivity index (χ4n) is 2.46. The molecule has 0 aliphatic heterocycles. The number of aliphatic hydroxyl groups excluding tert-OH is 1. The van der Waals surface area contributed by atoms with E-state index in [2.05, 4.69) is 0 Å². The normalized spacial score (nSPS) is 12.2. The van der Waals surface area contributed by atoms with E-state index in [0.29, 0.717) is 21.7 Å².